The normalized spacial score (nSPS) is 20.6. The Bertz CT molecular complexity index is 364. The average Bonchev–Trinajstić information content (AvgIpc) is 2.43. The average molecular weight is 262 g/mol. The third-order valence-electron chi connectivity index (χ3n) is 3.88. The summed E-state index contributed by atoms with van der Waals surface area (Å²) in [7, 11) is 0. The Kier molecular flexibility index (Phi) is 5.67. The molecule has 1 fully saturated rings. The molecule has 0 spiro atoms. The van der Waals surface area contributed by atoms with Crippen LogP contribution in [0, 0.1) is 0 Å². The molecule has 1 aliphatic rings. The lowest BCUT2D eigenvalue weighted by Gasteiger charge is -2.36. The summed E-state index contributed by atoms with van der Waals surface area (Å²) in [6, 6.07) is 8.28. The standard InChI is InChI=1S/C16H26N2O/c1-2-10-17-12-15-5-3-4-11-18(15)13-14-6-8-16(19)9-7-14/h6-9,15,17,19H,2-5,10-13H2,1H3. The van der Waals surface area contributed by atoms with Gasteiger partial charge in [0.1, 0.15) is 5.75 Å². The number of aromatic hydroxyl groups is 1. The summed E-state index contributed by atoms with van der Waals surface area (Å²) in [6.07, 6.45) is 5.16. The fraction of sp³-hybridized carbons (Fsp3) is 0.625. The van der Waals surface area contributed by atoms with Crippen LogP contribution >= 0.6 is 0 Å². The Morgan fingerprint density at radius 1 is 1.26 bits per heavy atom. The van der Waals surface area contributed by atoms with E-state index in [1.54, 1.807) is 12.1 Å². The van der Waals surface area contributed by atoms with Crippen LogP contribution in [-0.4, -0.2) is 35.7 Å². The van der Waals surface area contributed by atoms with E-state index < -0.39 is 0 Å². The van der Waals surface area contributed by atoms with E-state index in [2.05, 4.69) is 17.1 Å². The molecule has 1 heterocycles. The van der Waals surface area contributed by atoms with Crippen molar-refractivity contribution in [1.29, 1.82) is 0 Å². The number of likely N-dealkylation sites (tertiary alicyclic amines) is 1. The topological polar surface area (TPSA) is 35.5 Å². The second-order valence-corrected chi connectivity index (χ2v) is 5.49. The first-order chi connectivity index (χ1) is 9.29. The molecule has 3 heteroatoms. The van der Waals surface area contributed by atoms with Gasteiger partial charge < -0.3 is 10.4 Å². The van der Waals surface area contributed by atoms with Gasteiger partial charge in [0, 0.05) is 19.1 Å². The van der Waals surface area contributed by atoms with Gasteiger partial charge in [-0.25, -0.2) is 0 Å². The molecule has 0 saturated carbocycles. The lowest BCUT2D eigenvalue weighted by molar-refractivity contribution is 0.137. The second-order valence-electron chi connectivity index (χ2n) is 5.49. The fourth-order valence-corrected chi connectivity index (χ4v) is 2.78. The molecule has 0 bridgehead atoms. The summed E-state index contributed by atoms with van der Waals surface area (Å²) in [4.78, 5) is 2.58. The van der Waals surface area contributed by atoms with Gasteiger partial charge in [-0.2, -0.15) is 0 Å². The number of phenols is 1. The highest BCUT2D eigenvalue weighted by atomic mass is 16.3. The Hall–Kier alpha value is -1.06. The predicted octanol–water partition coefficient (Wildman–Crippen LogP) is 2.75. The molecule has 1 aromatic carbocycles. The van der Waals surface area contributed by atoms with E-state index in [0.29, 0.717) is 11.8 Å². The highest BCUT2D eigenvalue weighted by molar-refractivity contribution is 5.25. The summed E-state index contributed by atoms with van der Waals surface area (Å²) in [5.74, 6) is 0.351. The second kappa shape index (κ2) is 7.51. The van der Waals surface area contributed by atoms with Crippen molar-refractivity contribution in [3.8, 4) is 5.75 Å². The van der Waals surface area contributed by atoms with Crippen LogP contribution < -0.4 is 5.32 Å². The van der Waals surface area contributed by atoms with Gasteiger partial charge in [0.15, 0.2) is 0 Å². The third-order valence-corrected chi connectivity index (χ3v) is 3.88. The first-order valence-electron chi connectivity index (χ1n) is 7.52. The summed E-state index contributed by atoms with van der Waals surface area (Å²) in [6.45, 7) is 6.62. The van der Waals surface area contributed by atoms with Crippen molar-refractivity contribution in [3.05, 3.63) is 29.8 Å². The Morgan fingerprint density at radius 3 is 2.79 bits per heavy atom. The molecular weight excluding hydrogens is 236 g/mol. The van der Waals surface area contributed by atoms with E-state index in [-0.39, 0.29) is 0 Å². The van der Waals surface area contributed by atoms with Crippen LogP contribution in [0.25, 0.3) is 0 Å². The van der Waals surface area contributed by atoms with Crippen molar-refractivity contribution in [2.75, 3.05) is 19.6 Å². The molecular formula is C16H26N2O. The minimum atomic E-state index is 0.351. The largest absolute Gasteiger partial charge is 0.508 e. The molecule has 3 nitrogen and oxygen atoms in total. The number of phenolic OH excluding ortho intramolecular Hbond substituents is 1. The van der Waals surface area contributed by atoms with Crippen LogP contribution in [0.1, 0.15) is 38.2 Å². The van der Waals surface area contributed by atoms with Crippen molar-refractivity contribution in [3.63, 3.8) is 0 Å². The molecule has 106 valence electrons. The molecule has 0 aromatic heterocycles. The molecule has 1 saturated heterocycles. The zero-order chi connectivity index (χ0) is 13.5. The van der Waals surface area contributed by atoms with Crippen LogP contribution in [0.5, 0.6) is 5.75 Å². The van der Waals surface area contributed by atoms with Crippen molar-refractivity contribution >= 4 is 0 Å². The SMILES string of the molecule is CCCNCC1CCCCN1Cc1ccc(O)cc1. The first kappa shape index (κ1) is 14.4. The predicted molar refractivity (Wildman–Crippen MR) is 79.3 cm³/mol. The zero-order valence-electron chi connectivity index (χ0n) is 11.9. The Labute approximate surface area is 116 Å². The monoisotopic (exact) mass is 262 g/mol. The maximum absolute atomic E-state index is 9.33. The van der Waals surface area contributed by atoms with Crippen molar-refractivity contribution in [2.24, 2.45) is 0 Å². The van der Waals surface area contributed by atoms with E-state index >= 15 is 0 Å². The molecule has 19 heavy (non-hydrogen) atoms. The zero-order valence-corrected chi connectivity index (χ0v) is 11.9. The molecule has 0 amide bonds. The van der Waals surface area contributed by atoms with E-state index in [1.165, 1.54) is 37.8 Å². The maximum Gasteiger partial charge on any atom is 0.115 e. The van der Waals surface area contributed by atoms with E-state index in [0.717, 1.165) is 19.6 Å². The van der Waals surface area contributed by atoms with Gasteiger partial charge >= 0.3 is 0 Å². The van der Waals surface area contributed by atoms with Crippen LogP contribution in [-0.2, 0) is 6.54 Å². The number of hydrogen-bond acceptors (Lipinski definition) is 3. The summed E-state index contributed by atoms with van der Waals surface area (Å²) in [5.41, 5.74) is 1.29. The van der Waals surface area contributed by atoms with Gasteiger partial charge in [0.25, 0.3) is 0 Å². The number of nitrogens with one attached hydrogen (secondary N) is 1. The van der Waals surface area contributed by atoms with Crippen LogP contribution in [0.4, 0.5) is 0 Å². The molecule has 2 N–H and O–H groups in total. The first-order valence-corrected chi connectivity index (χ1v) is 7.52. The van der Waals surface area contributed by atoms with Gasteiger partial charge in [-0.15, -0.1) is 0 Å². The minimum absolute atomic E-state index is 0.351. The van der Waals surface area contributed by atoms with Gasteiger partial charge in [0.2, 0.25) is 0 Å². The molecule has 2 rings (SSSR count). The van der Waals surface area contributed by atoms with Gasteiger partial charge in [-0.05, 0) is 50.0 Å². The molecule has 1 atom stereocenters. The maximum atomic E-state index is 9.33. The van der Waals surface area contributed by atoms with Crippen molar-refractivity contribution in [1.82, 2.24) is 10.2 Å². The number of benzene rings is 1. The Morgan fingerprint density at radius 2 is 2.05 bits per heavy atom. The number of rotatable bonds is 6. The molecule has 0 radical (unpaired) electrons. The molecule has 1 unspecified atom stereocenters. The minimum Gasteiger partial charge on any atom is -0.508 e. The molecule has 1 aliphatic heterocycles. The van der Waals surface area contributed by atoms with Crippen molar-refractivity contribution < 1.29 is 5.11 Å². The summed E-state index contributed by atoms with van der Waals surface area (Å²) in [5, 5.41) is 12.9. The highest BCUT2D eigenvalue weighted by Crippen LogP contribution is 2.20. The van der Waals surface area contributed by atoms with Gasteiger partial charge in [-0.3, -0.25) is 4.90 Å². The van der Waals surface area contributed by atoms with Crippen LogP contribution in [0.3, 0.4) is 0 Å². The third kappa shape index (κ3) is 4.51. The quantitative estimate of drug-likeness (QED) is 0.774. The van der Waals surface area contributed by atoms with Gasteiger partial charge in [-0.1, -0.05) is 25.5 Å². The number of nitrogens with zero attached hydrogens (tertiary/aromatic N) is 1. The smallest absolute Gasteiger partial charge is 0.115 e. The molecule has 1 aromatic rings. The van der Waals surface area contributed by atoms with E-state index in [4.69, 9.17) is 0 Å². The van der Waals surface area contributed by atoms with Crippen LogP contribution in [0.15, 0.2) is 24.3 Å². The highest BCUT2D eigenvalue weighted by Gasteiger charge is 2.21. The number of hydrogen-bond donors (Lipinski definition) is 2. The number of piperidine rings is 1. The van der Waals surface area contributed by atoms with E-state index in [9.17, 15) is 5.11 Å². The van der Waals surface area contributed by atoms with Gasteiger partial charge in [0.05, 0.1) is 0 Å². The lowest BCUT2D eigenvalue weighted by Crippen LogP contribution is -2.45. The summed E-state index contributed by atoms with van der Waals surface area (Å²) < 4.78 is 0. The van der Waals surface area contributed by atoms with Crippen LogP contribution in [0.2, 0.25) is 0 Å². The Balaban J connectivity index is 1.89. The van der Waals surface area contributed by atoms with E-state index in [1.807, 2.05) is 12.1 Å². The molecule has 0 aliphatic carbocycles. The fourth-order valence-electron chi connectivity index (χ4n) is 2.78. The van der Waals surface area contributed by atoms with Crippen molar-refractivity contribution in [2.45, 2.75) is 45.2 Å². The lowest BCUT2D eigenvalue weighted by atomic mass is 10.0. The summed E-state index contributed by atoms with van der Waals surface area (Å²) >= 11 is 0.